The number of hydrogen-bond donors (Lipinski definition) is 0. The monoisotopic (exact) mass is 319 g/mol. The van der Waals surface area contributed by atoms with E-state index in [1.165, 1.54) is 6.92 Å². The molecule has 6 heteroatoms. The third-order valence-electron chi connectivity index (χ3n) is 2.01. The topological polar surface area (TPSA) is 39.2 Å². The Hall–Kier alpha value is -0.650. The van der Waals surface area contributed by atoms with Crippen molar-refractivity contribution in [1.82, 2.24) is 4.98 Å². The summed E-state index contributed by atoms with van der Waals surface area (Å²) in [7, 11) is 0. The highest BCUT2D eigenvalue weighted by Gasteiger charge is 2.12. The zero-order valence-corrected chi connectivity index (χ0v) is 11.4. The van der Waals surface area contributed by atoms with E-state index in [0.717, 1.165) is 20.1 Å². The van der Waals surface area contributed by atoms with Crippen LogP contribution in [0.4, 0.5) is 0 Å². The van der Waals surface area contributed by atoms with Crippen LogP contribution >= 0.6 is 38.9 Å². The van der Waals surface area contributed by atoms with Crippen molar-refractivity contribution >= 4 is 54.9 Å². The molecule has 2 aromatic heterocycles. The van der Waals surface area contributed by atoms with E-state index in [9.17, 15) is 4.79 Å². The van der Waals surface area contributed by atoms with Crippen LogP contribution in [0, 0.1) is 0 Å². The van der Waals surface area contributed by atoms with Crippen LogP contribution in [0.3, 0.4) is 0 Å². The fraction of sp³-hybridized carbons (Fsp3) is 0.200. The molecule has 0 aromatic carbocycles. The predicted octanol–water partition coefficient (Wildman–Crippen LogP) is 3.78. The van der Waals surface area contributed by atoms with Crippen LogP contribution in [0.2, 0.25) is 5.15 Å². The molecular weight excluding hydrogens is 314 g/mol. The van der Waals surface area contributed by atoms with Gasteiger partial charge in [-0.3, -0.25) is 4.79 Å². The average Bonchev–Trinajstić information content (AvgIpc) is 2.61. The van der Waals surface area contributed by atoms with E-state index in [0.29, 0.717) is 5.15 Å². The Morgan fingerprint density at radius 1 is 1.69 bits per heavy atom. The lowest BCUT2D eigenvalue weighted by molar-refractivity contribution is -0.142. The molecular formula is C10H7BrClNO2S. The number of ether oxygens (including phenoxy) is 1. The molecule has 0 aliphatic carbocycles. The Bertz CT molecular complexity index is 555. The number of halogens is 2. The zero-order valence-electron chi connectivity index (χ0n) is 8.29. The maximum Gasteiger partial charge on any atom is 0.302 e. The van der Waals surface area contributed by atoms with Crippen molar-refractivity contribution in [2.75, 3.05) is 0 Å². The molecule has 2 heterocycles. The van der Waals surface area contributed by atoms with Crippen molar-refractivity contribution in [1.29, 1.82) is 0 Å². The van der Waals surface area contributed by atoms with Crippen LogP contribution in [-0.4, -0.2) is 11.0 Å². The van der Waals surface area contributed by atoms with Gasteiger partial charge in [-0.15, -0.1) is 11.3 Å². The van der Waals surface area contributed by atoms with Gasteiger partial charge in [-0.1, -0.05) is 11.6 Å². The Kier molecular flexibility index (Phi) is 3.47. The molecule has 0 radical (unpaired) electrons. The van der Waals surface area contributed by atoms with Crippen molar-refractivity contribution in [3.8, 4) is 0 Å². The summed E-state index contributed by atoms with van der Waals surface area (Å²) in [4.78, 5) is 14.8. The summed E-state index contributed by atoms with van der Waals surface area (Å²) in [6, 6.07) is 0. The standard InChI is InChI=1S/C10H7BrClNO2S/c1-5(14)15-3-6-2-13-10(12)8-7(11)4-16-9(6)8/h2,4H,3H2,1H3. The molecule has 84 valence electrons. The first-order valence-electron chi connectivity index (χ1n) is 4.43. The molecule has 16 heavy (non-hydrogen) atoms. The highest BCUT2D eigenvalue weighted by molar-refractivity contribution is 9.10. The Balaban J connectivity index is 2.47. The van der Waals surface area contributed by atoms with E-state index in [4.69, 9.17) is 16.3 Å². The number of rotatable bonds is 2. The molecule has 0 atom stereocenters. The molecule has 0 N–H and O–H groups in total. The van der Waals surface area contributed by atoms with Crippen molar-refractivity contribution in [2.45, 2.75) is 13.5 Å². The minimum Gasteiger partial charge on any atom is -0.461 e. The SMILES string of the molecule is CC(=O)OCc1cnc(Cl)c2c(Br)csc12. The number of aromatic nitrogens is 1. The van der Waals surface area contributed by atoms with Crippen LogP contribution in [0.5, 0.6) is 0 Å². The van der Waals surface area contributed by atoms with Crippen molar-refractivity contribution < 1.29 is 9.53 Å². The lowest BCUT2D eigenvalue weighted by Gasteiger charge is -2.04. The highest BCUT2D eigenvalue weighted by Crippen LogP contribution is 2.36. The van der Waals surface area contributed by atoms with Crippen molar-refractivity contribution in [3.63, 3.8) is 0 Å². The van der Waals surface area contributed by atoms with Gasteiger partial charge in [0.1, 0.15) is 11.8 Å². The number of thiophene rings is 1. The fourth-order valence-electron chi connectivity index (χ4n) is 1.31. The van der Waals surface area contributed by atoms with Gasteiger partial charge in [-0.25, -0.2) is 4.98 Å². The number of carbonyl (C=O) groups excluding carboxylic acids is 1. The second-order valence-corrected chi connectivity index (χ2v) is 5.23. The van der Waals surface area contributed by atoms with Crippen molar-refractivity contribution in [2.24, 2.45) is 0 Å². The van der Waals surface area contributed by atoms with E-state index in [-0.39, 0.29) is 12.6 Å². The zero-order chi connectivity index (χ0) is 11.7. The average molecular weight is 321 g/mol. The van der Waals surface area contributed by atoms with Crippen LogP contribution < -0.4 is 0 Å². The quantitative estimate of drug-likeness (QED) is 0.624. The van der Waals surface area contributed by atoms with E-state index in [1.807, 2.05) is 5.38 Å². The summed E-state index contributed by atoms with van der Waals surface area (Å²) in [5.74, 6) is -0.307. The van der Waals surface area contributed by atoms with Gasteiger partial charge in [0.25, 0.3) is 0 Å². The second-order valence-electron chi connectivity index (χ2n) is 3.14. The second kappa shape index (κ2) is 4.69. The van der Waals surface area contributed by atoms with Gasteiger partial charge in [0.2, 0.25) is 0 Å². The van der Waals surface area contributed by atoms with Gasteiger partial charge in [0, 0.05) is 38.6 Å². The van der Waals surface area contributed by atoms with E-state index in [1.54, 1.807) is 17.5 Å². The van der Waals surface area contributed by atoms with Gasteiger partial charge in [0.05, 0.1) is 0 Å². The lowest BCUT2D eigenvalue weighted by atomic mass is 10.2. The van der Waals surface area contributed by atoms with E-state index >= 15 is 0 Å². The molecule has 3 nitrogen and oxygen atoms in total. The van der Waals surface area contributed by atoms with Crippen molar-refractivity contribution in [3.05, 3.63) is 26.8 Å². The van der Waals surface area contributed by atoms with Gasteiger partial charge < -0.3 is 4.74 Å². The number of hydrogen-bond acceptors (Lipinski definition) is 4. The normalized spacial score (nSPS) is 10.7. The summed E-state index contributed by atoms with van der Waals surface area (Å²) in [5, 5.41) is 3.26. The van der Waals surface area contributed by atoms with Crippen LogP contribution in [0.15, 0.2) is 16.0 Å². The summed E-state index contributed by atoms with van der Waals surface area (Å²) < 4.78 is 6.86. The van der Waals surface area contributed by atoms with Gasteiger partial charge in [-0.05, 0) is 15.9 Å². The predicted molar refractivity (Wildman–Crippen MR) is 67.8 cm³/mol. The molecule has 0 bridgehead atoms. The molecule has 0 amide bonds. The summed E-state index contributed by atoms with van der Waals surface area (Å²) in [6.07, 6.45) is 1.64. The maximum atomic E-state index is 10.8. The van der Waals surface area contributed by atoms with Gasteiger partial charge in [0.15, 0.2) is 0 Å². The number of carbonyl (C=O) groups is 1. The molecule has 0 aliphatic heterocycles. The first kappa shape index (κ1) is 11.8. The molecule has 0 fully saturated rings. The first-order chi connectivity index (χ1) is 7.59. The Labute approximate surface area is 110 Å². The molecule has 0 saturated heterocycles. The van der Waals surface area contributed by atoms with E-state index in [2.05, 4.69) is 20.9 Å². The molecule has 0 unspecified atom stereocenters. The number of esters is 1. The highest BCUT2D eigenvalue weighted by atomic mass is 79.9. The maximum absolute atomic E-state index is 10.8. The van der Waals surface area contributed by atoms with E-state index < -0.39 is 0 Å². The third-order valence-corrected chi connectivity index (χ3v) is 4.28. The largest absolute Gasteiger partial charge is 0.461 e. The molecule has 2 rings (SSSR count). The Morgan fingerprint density at radius 2 is 2.44 bits per heavy atom. The smallest absolute Gasteiger partial charge is 0.302 e. The minimum absolute atomic E-state index is 0.225. The number of nitrogens with zero attached hydrogens (tertiary/aromatic N) is 1. The van der Waals surface area contributed by atoms with Gasteiger partial charge in [-0.2, -0.15) is 0 Å². The molecule has 2 aromatic rings. The number of fused-ring (bicyclic) bond motifs is 1. The van der Waals surface area contributed by atoms with Crippen LogP contribution in [0.25, 0.3) is 10.1 Å². The summed E-state index contributed by atoms with van der Waals surface area (Å²) in [6.45, 7) is 1.60. The van der Waals surface area contributed by atoms with Gasteiger partial charge >= 0.3 is 5.97 Å². The number of pyridine rings is 1. The van der Waals surface area contributed by atoms with Crippen LogP contribution in [0.1, 0.15) is 12.5 Å². The molecule has 0 saturated carbocycles. The molecule has 0 aliphatic rings. The first-order valence-corrected chi connectivity index (χ1v) is 6.48. The van der Waals surface area contributed by atoms with Crippen LogP contribution in [-0.2, 0) is 16.1 Å². The minimum atomic E-state index is -0.307. The third kappa shape index (κ3) is 2.21. The summed E-state index contributed by atoms with van der Waals surface area (Å²) >= 11 is 11.0. The lowest BCUT2D eigenvalue weighted by Crippen LogP contribution is -1.99. The summed E-state index contributed by atoms with van der Waals surface area (Å²) in [5.41, 5.74) is 0.866. The molecule has 0 spiro atoms. The fourth-order valence-corrected chi connectivity index (χ4v) is 3.44. The Morgan fingerprint density at radius 3 is 3.12 bits per heavy atom.